The lowest BCUT2D eigenvalue weighted by molar-refractivity contribution is -0.128. The van der Waals surface area contributed by atoms with Gasteiger partial charge in [-0.3, -0.25) is 4.79 Å². The van der Waals surface area contributed by atoms with Crippen LogP contribution in [0.15, 0.2) is 18.2 Å². The number of rotatable bonds is 4. The fourth-order valence-electron chi connectivity index (χ4n) is 2.16. The van der Waals surface area contributed by atoms with E-state index in [1.807, 2.05) is 19.9 Å². The molecule has 0 radical (unpaired) electrons. The minimum absolute atomic E-state index is 0.00449. The predicted molar refractivity (Wildman–Crippen MR) is 72.2 cm³/mol. The van der Waals surface area contributed by atoms with Gasteiger partial charge < -0.3 is 20.5 Å². The lowest BCUT2D eigenvalue weighted by Gasteiger charge is -2.24. The van der Waals surface area contributed by atoms with Crippen LogP contribution in [-0.2, 0) is 4.79 Å². The fraction of sp³-hybridized carbons (Fsp3) is 0.500. The number of hydrogen-bond acceptors (Lipinski definition) is 4. The molecule has 0 saturated heterocycles. The van der Waals surface area contributed by atoms with Crippen LogP contribution in [0.4, 0.5) is 0 Å². The van der Waals surface area contributed by atoms with Crippen molar-refractivity contribution in [2.24, 2.45) is 5.41 Å². The molecule has 0 saturated carbocycles. The Bertz CT molecular complexity index is 486. The molecular formula is C14H20N2O3. The van der Waals surface area contributed by atoms with E-state index in [1.165, 1.54) is 0 Å². The molecule has 5 nitrogen and oxygen atoms in total. The third kappa shape index (κ3) is 2.81. The Morgan fingerprint density at radius 2 is 2.26 bits per heavy atom. The van der Waals surface area contributed by atoms with Crippen molar-refractivity contribution in [3.8, 4) is 11.5 Å². The molecule has 1 aliphatic heterocycles. The summed E-state index contributed by atoms with van der Waals surface area (Å²) in [5.41, 5.74) is 0.541. The van der Waals surface area contributed by atoms with Crippen molar-refractivity contribution < 1.29 is 14.6 Å². The first-order valence-corrected chi connectivity index (χ1v) is 6.35. The van der Waals surface area contributed by atoms with Crippen molar-refractivity contribution in [3.63, 3.8) is 0 Å². The minimum atomic E-state index is -0.478. The summed E-state index contributed by atoms with van der Waals surface area (Å²) in [6, 6.07) is 5.16. The zero-order valence-electron chi connectivity index (χ0n) is 11.5. The number of fused-ring (bicyclic) bond motifs is 1. The predicted octanol–water partition coefficient (Wildman–Crippen LogP) is 1.19. The van der Waals surface area contributed by atoms with Gasteiger partial charge in [-0.25, -0.2) is 0 Å². The second-order valence-electron chi connectivity index (χ2n) is 5.43. The molecule has 1 amide bonds. The van der Waals surface area contributed by atoms with Gasteiger partial charge in [0.15, 0.2) is 0 Å². The van der Waals surface area contributed by atoms with Crippen molar-refractivity contribution in [3.05, 3.63) is 23.8 Å². The van der Waals surface area contributed by atoms with Gasteiger partial charge in [0.25, 0.3) is 0 Å². The molecule has 2 rings (SSSR count). The Morgan fingerprint density at radius 1 is 1.53 bits per heavy atom. The first-order valence-electron chi connectivity index (χ1n) is 6.35. The van der Waals surface area contributed by atoms with E-state index in [2.05, 4.69) is 10.6 Å². The number of nitrogens with one attached hydrogen (secondary N) is 2. The summed E-state index contributed by atoms with van der Waals surface area (Å²) in [6.45, 7) is 4.86. The molecule has 0 aromatic heterocycles. The highest BCUT2D eigenvalue weighted by Crippen LogP contribution is 2.35. The molecule has 0 spiro atoms. The molecule has 1 atom stereocenters. The number of ether oxygens (including phenoxy) is 1. The molecule has 1 aromatic carbocycles. The highest BCUT2D eigenvalue weighted by molar-refractivity contribution is 5.81. The van der Waals surface area contributed by atoms with Crippen molar-refractivity contribution in [1.82, 2.24) is 10.6 Å². The van der Waals surface area contributed by atoms with Gasteiger partial charge in [0, 0.05) is 25.2 Å². The maximum absolute atomic E-state index is 11.7. The van der Waals surface area contributed by atoms with Crippen LogP contribution in [0.2, 0.25) is 0 Å². The summed E-state index contributed by atoms with van der Waals surface area (Å²) >= 11 is 0. The molecule has 104 valence electrons. The molecule has 1 heterocycles. The topological polar surface area (TPSA) is 70.6 Å². The number of phenols is 1. The third-order valence-electron chi connectivity index (χ3n) is 3.41. The molecule has 0 fully saturated rings. The lowest BCUT2D eigenvalue weighted by Crippen LogP contribution is -2.43. The van der Waals surface area contributed by atoms with Gasteiger partial charge in [-0.1, -0.05) is 0 Å². The van der Waals surface area contributed by atoms with Gasteiger partial charge in [-0.2, -0.15) is 0 Å². The fourth-order valence-corrected chi connectivity index (χ4v) is 2.16. The normalized spacial score (nSPS) is 17.7. The molecule has 1 unspecified atom stereocenters. The van der Waals surface area contributed by atoms with E-state index in [0.29, 0.717) is 18.9 Å². The highest BCUT2D eigenvalue weighted by Gasteiger charge is 2.30. The standard InChI is InChI=1S/C14H20N2O3/c1-14(2,13(18)15-3)8-16-11-7-19-12-6-9(17)4-5-10(11)12/h4-6,11,16-17H,7-8H2,1-3H3,(H,15,18). The van der Waals surface area contributed by atoms with Crippen molar-refractivity contribution in [1.29, 1.82) is 0 Å². The SMILES string of the molecule is CNC(=O)C(C)(C)CNC1COc2cc(O)ccc21. The first-order chi connectivity index (χ1) is 8.94. The second kappa shape index (κ2) is 5.09. The molecular weight excluding hydrogens is 244 g/mol. The summed E-state index contributed by atoms with van der Waals surface area (Å²) in [4.78, 5) is 11.7. The van der Waals surface area contributed by atoms with E-state index in [-0.39, 0.29) is 17.7 Å². The minimum Gasteiger partial charge on any atom is -0.508 e. The number of amides is 1. The Balaban J connectivity index is 2.02. The number of phenolic OH excluding ortho intramolecular Hbond substituents is 1. The Hall–Kier alpha value is -1.75. The van der Waals surface area contributed by atoms with Gasteiger partial charge in [0.2, 0.25) is 5.91 Å². The average molecular weight is 264 g/mol. The molecule has 3 N–H and O–H groups in total. The van der Waals surface area contributed by atoms with Crippen molar-refractivity contribution in [2.45, 2.75) is 19.9 Å². The first kappa shape index (κ1) is 13.7. The largest absolute Gasteiger partial charge is 0.508 e. The molecule has 1 aliphatic rings. The van der Waals surface area contributed by atoms with Gasteiger partial charge in [0.1, 0.15) is 18.1 Å². The van der Waals surface area contributed by atoms with Gasteiger partial charge in [-0.15, -0.1) is 0 Å². The van der Waals surface area contributed by atoms with Gasteiger partial charge in [0.05, 0.1) is 11.5 Å². The quantitative estimate of drug-likeness (QED) is 0.764. The summed E-state index contributed by atoms with van der Waals surface area (Å²) in [5, 5.41) is 15.4. The zero-order valence-corrected chi connectivity index (χ0v) is 11.5. The summed E-state index contributed by atoms with van der Waals surface area (Å²) in [6.07, 6.45) is 0. The van der Waals surface area contributed by atoms with Crippen LogP contribution in [0.1, 0.15) is 25.5 Å². The number of carbonyl (C=O) groups excluding carboxylic acids is 1. The molecule has 0 bridgehead atoms. The monoisotopic (exact) mass is 264 g/mol. The van der Waals surface area contributed by atoms with Crippen LogP contribution < -0.4 is 15.4 Å². The van der Waals surface area contributed by atoms with Crippen molar-refractivity contribution >= 4 is 5.91 Å². The van der Waals surface area contributed by atoms with Crippen LogP contribution in [0, 0.1) is 5.41 Å². The van der Waals surface area contributed by atoms with Crippen LogP contribution in [0.3, 0.4) is 0 Å². The van der Waals surface area contributed by atoms with E-state index in [9.17, 15) is 9.90 Å². The Labute approximate surface area is 113 Å². The maximum Gasteiger partial charge on any atom is 0.226 e. The van der Waals surface area contributed by atoms with Gasteiger partial charge in [-0.05, 0) is 26.0 Å². The number of hydrogen-bond donors (Lipinski definition) is 3. The van der Waals surface area contributed by atoms with E-state index < -0.39 is 5.41 Å². The summed E-state index contributed by atoms with van der Waals surface area (Å²) in [7, 11) is 1.64. The summed E-state index contributed by atoms with van der Waals surface area (Å²) < 4.78 is 5.52. The lowest BCUT2D eigenvalue weighted by atomic mass is 9.91. The molecule has 1 aromatic rings. The Kier molecular flexibility index (Phi) is 3.66. The number of aromatic hydroxyl groups is 1. The van der Waals surface area contributed by atoms with Crippen LogP contribution >= 0.6 is 0 Å². The van der Waals surface area contributed by atoms with Crippen molar-refractivity contribution in [2.75, 3.05) is 20.2 Å². The molecule has 5 heteroatoms. The number of carbonyl (C=O) groups is 1. The second-order valence-corrected chi connectivity index (χ2v) is 5.43. The zero-order chi connectivity index (χ0) is 14.0. The van der Waals surface area contributed by atoms with E-state index in [1.54, 1.807) is 19.2 Å². The van der Waals surface area contributed by atoms with E-state index >= 15 is 0 Å². The highest BCUT2D eigenvalue weighted by atomic mass is 16.5. The molecule has 19 heavy (non-hydrogen) atoms. The maximum atomic E-state index is 11.7. The number of benzene rings is 1. The van der Waals surface area contributed by atoms with E-state index in [4.69, 9.17) is 4.74 Å². The molecule has 0 aliphatic carbocycles. The van der Waals surface area contributed by atoms with Crippen LogP contribution in [-0.4, -0.2) is 31.2 Å². The third-order valence-corrected chi connectivity index (χ3v) is 3.41. The van der Waals surface area contributed by atoms with Gasteiger partial charge >= 0.3 is 0 Å². The average Bonchev–Trinajstić information content (AvgIpc) is 2.77. The Morgan fingerprint density at radius 3 is 2.95 bits per heavy atom. The van der Waals surface area contributed by atoms with Crippen LogP contribution in [0.5, 0.6) is 11.5 Å². The van der Waals surface area contributed by atoms with E-state index in [0.717, 1.165) is 5.56 Å². The van der Waals surface area contributed by atoms with Crippen LogP contribution in [0.25, 0.3) is 0 Å². The summed E-state index contributed by atoms with van der Waals surface area (Å²) in [5.74, 6) is 0.908. The smallest absolute Gasteiger partial charge is 0.226 e.